The lowest BCUT2D eigenvalue weighted by molar-refractivity contribution is -0.144. The highest BCUT2D eigenvalue weighted by molar-refractivity contribution is 7.59. The summed E-state index contributed by atoms with van der Waals surface area (Å²) >= 11 is 0. The highest BCUT2D eigenvalue weighted by Gasteiger charge is 2.14. The molecule has 1 atom stereocenters. The van der Waals surface area contributed by atoms with Crippen LogP contribution >= 0.6 is 13.5 Å². The van der Waals surface area contributed by atoms with E-state index in [1.165, 1.54) is 0 Å². The molecule has 0 aliphatic rings. The summed E-state index contributed by atoms with van der Waals surface area (Å²) < 4.78 is 0. The maximum absolute atomic E-state index is 9.85. The molecule has 0 aliphatic heterocycles. The lowest BCUT2D eigenvalue weighted by atomic mass is 10.2. The molecule has 0 aliphatic carbocycles. The Kier molecular flexibility index (Phi) is 11.1. The van der Waals surface area contributed by atoms with Crippen molar-refractivity contribution >= 4 is 25.4 Å². The van der Waals surface area contributed by atoms with E-state index in [2.05, 4.69) is 0 Å². The van der Waals surface area contributed by atoms with Crippen LogP contribution in [0, 0.1) is 0 Å². The highest BCUT2D eigenvalue weighted by atomic mass is 32.1. The molecule has 6 nitrogen and oxygen atoms in total. The molecule has 0 rings (SSSR count). The Hall–Kier alpha value is -0.790. The van der Waals surface area contributed by atoms with E-state index in [0.29, 0.717) is 0 Å². The standard InChI is InChI=1S/C4H7NO4.H3N.H2S/c5-2(4(8)9)1-3(6)7;;/h2H,1,5H2,(H,6,7)(H,8,9);1H3;1H2. The molecule has 0 heterocycles. The quantitative estimate of drug-likeness (QED) is 0.451. The first-order valence-corrected chi connectivity index (χ1v) is 2.24. The van der Waals surface area contributed by atoms with E-state index in [0.717, 1.165) is 0 Å². The number of hydrogen-bond donors (Lipinski definition) is 4. The monoisotopic (exact) mass is 184 g/mol. The number of rotatable bonds is 3. The van der Waals surface area contributed by atoms with Crippen molar-refractivity contribution < 1.29 is 19.8 Å². The number of carboxylic acids is 2. The minimum Gasteiger partial charge on any atom is -0.481 e. The number of nitrogens with two attached hydrogens (primary N) is 1. The van der Waals surface area contributed by atoms with Gasteiger partial charge in [-0.2, -0.15) is 13.5 Å². The first kappa shape index (κ1) is 16.7. The van der Waals surface area contributed by atoms with Crippen LogP contribution in [0.3, 0.4) is 0 Å². The molecule has 68 valence electrons. The second kappa shape index (κ2) is 7.32. The van der Waals surface area contributed by atoms with E-state index < -0.39 is 24.4 Å². The largest absolute Gasteiger partial charge is 0.481 e. The van der Waals surface area contributed by atoms with Crippen LogP contribution in [-0.2, 0) is 9.59 Å². The van der Waals surface area contributed by atoms with Crippen LogP contribution in [0.15, 0.2) is 0 Å². The molecule has 1 unspecified atom stereocenters. The van der Waals surface area contributed by atoms with Crippen LogP contribution in [0.2, 0.25) is 0 Å². The molecule has 11 heavy (non-hydrogen) atoms. The van der Waals surface area contributed by atoms with Gasteiger partial charge in [0.2, 0.25) is 0 Å². The molecule has 0 fully saturated rings. The fourth-order valence-electron chi connectivity index (χ4n) is 0.275. The van der Waals surface area contributed by atoms with Crippen LogP contribution in [0.5, 0.6) is 0 Å². The minimum absolute atomic E-state index is 0. The summed E-state index contributed by atoms with van der Waals surface area (Å²) in [7, 11) is 0. The average molecular weight is 184 g/mol. The molecule has 7 N–H and O–H groups in total. The summed E-state index contributed by atoms with van der Waals surface area (Å²) in [5.41, 5.74) is 4.84. The molecule has 0 saturated carbocycles. The minimum atomic E-state index is -1.29. The fraction of sp³-hybridized carbons (Fsp3) is 0.500. The highest BCUT2D eigenvalue weighted by Crippen LogP contribution is 1.86. The van der Waals surface area contributed by atoms with Gasteiger partial charge in [0.15, 0.2) is 0 Å². The van der Waals surface area contributed by atoms with Gasteiger partial charge in [-0.3, -0.25) is 9.59 Å². The first-order valence-electron chi connectivity index (χ1n) is 2.24. The van der Waals surface area contributed by atoms with Crippen molar-refractivity contribution in [2.24, 2.45) is 5.73 Å². The van der Waals surface area contributed by atoms with E-state index in [9.17, 15) is 9.59 Å². The third-order valence-corrected chi connectivity index (χ3v) is 0.712. The van der Waals surface area contributed by atoms with Gasteiger partial charge < -0.3 is 22.1 Å². The van der Waals surface area contributed by atoms with Crippen molar-refractivity contribution in [3.63, 3.8) is 0 Å². The predicted molar refractivity (Wildman–Crippen MR) is 43.3 cm³/mol. The first-order chi connectivity index (χ1) is 4.04. The molecular formula is C4H12N2O4S. The molecule has 7 heteroatoms. The summed E-state index contributed by atoms with van der Waals surface area (Å²) in [6.45, 7) is 0. The van der Waals surface area contributed by atoms with Crippen molar-refractivity contribution in [2.75, 3.05) is 0 Å². The second-order valence-electron chi connectivity index (χ2n) is 1.54. The maximum Gasteiger partial charge on any atom is 0.321 e. The van der Waals surface area contributed by atoms with E-state index in [4.69, 9.17) is 15.9 Å². The van der Waals surface area contributed by atoms with Gasteiger partial charge in [0.05, 0.1) is 6.42 Å². The van der Waals surface area contributed by atoms with Crippen molar-refractivity contribution in [2.45, 2.75) is 12.5 Å². The van der Waals surface area contributed by atoms with Crippen molar-refractivity contribution in [1.82, 2.24) is 6.15 Å². The number of aliphatic carboxylic acids is 2. The number of hydrogen-bond acceptors (Lipinski definition) is 4. The Morgan fingerprint density at radius 2 is 1.73 bits per heavy atom. The van der Waals surface area contributed by atoms with E-state index >= 15 is 0 Å². The van der Waals surface area contributed by atoms with Crippen LogP contribution < -0.4 is 11.9 Å². The molecule has 0 spiro atoms. The van der Waals surface area contributed by atoms with E-state index in [-0.39, 0.29) is 19.6 Å². The normalized spacial score (nSPS) is 10.3. The third-order valence-electron chi connectivity index (χ3n) is 0.712. The van der Waals surface area contributed by atoms with Gasteiger partial charge >= 0.3 is 11.9 Å². The summed E-state index contributed by atoms with van der Waals surface area (Å²) in [5.74, 6) is -2.50. The van der Waals surface area contributed by atoms with Gasteiger partial charge in [-0.05, 0) is 0 Å². The zero-order valence-electron chi connectivity index (χ0n) is 5.78. The molecule has 0 amide bonds. The molecule has 0 aromatic carbocycles. The van der Waals surface area contributed by atoms with Gasteiger partial charge in [-0.1, -0.05) is 0 Å². The lowest BCUT2D eigenvalue weighted by Crippen LogP contribution is -2.32. The summed E-state index contributed by atoms with van der Waals surface area (Å²) in [4.78, 5) is 19.6. The molecular weight excluding hydrogens is 172 g/mol. The average Bonchev–Trinajstić information content (AvgIpc) is 1.63. The van der Waals surface area contributed by atoms with Gasteiger partial charge in [0, 0.05) is 0 Å². The Balaban J connectivity index is -0.000000320. The summed E-state index contributed by atoms with van der Waals surface area (Å²) in [6, 6.07) is -1.29. The maximum atomic E-state index is 9.85. The molecule has 0 saturated heterocycles. The zero-order valence-corrected chi connectivity index (χ0v) is 6.78. The van der Waals surface area contributed by atoms with Gasteiger partial charge in [-0.25, -0.2) is 0 Å². The molecule has 0 bridgehead atoms. The molecule has 0 aromatic heterocycles. The fourth-order valence-corrected chi connectivity index (χ4v) is 0.275. The Labute approximate surface area is 70.4 Å². The van der Waals surface area contributed by atoms with Gasteiger partial charge in [0.1, 0.15) is 6.04 Å². The van der Waals surface area contributed by atoms with Crippen molar-refractivity contribution in [1.29, 1.82) is 0 Å². The van der Waals surface area contributed by atoms with Gasteiger partial charge in [0.25, 0.3) is 0 Å². The Morgan fingerprint density at radius 3 is 1.82 bits per heavy atom. The molecule has 0 aromatic rings. The van der Waals surface area contributed by atoms with Crippen LogP contribution in [0.4, 0.5) is 0 Å². The van der Waals surface area contributed by atoms with E-state index in [1.807, 2.05) is 0 Å². The smallest absolute Gasteiger partial charge is 0.321 e. The predicted octanol–water partition coefficient (Wildman–Crippen LogP) is -0.852. The summed E-state index contributed by atoms with van der Waals surface area (Å²) in [6.07, 6.45) is -0.532. The Morgan fingerprint density at radius 1 is 1.36 bits per heavy atom. The van der Waals surface area contributed by atoms with Crippen LogP contribution in [0.1, 0.15) is 6.42 Å². The third kappa shape index (κ3) is 9.21. The van der Waals surface area contributed by atoms with Crippen molar-refractivity contribution in [3.05, 3.63) is 0 Å². The Bertz CT molecular complexity index is 140. The topological polar surface area (TPSA) is 136 Å². The van der Waals surface area contributed by atoms with E-state index in [1.54, 1.807) is 0 Å². The van der Waals surface area contributed by atoms with Crippen molar-refractivity contribution in [3.8, 4) is 0 Å². The van der Waals surface area contributed by atoms with Crippen LogP contribution in [-0.4, -0.2) is 28.2 Å². The number of carboxylic acid groups (broad SMARTS) is 2. The second-order valence-corrected chi connectivity index (χ2v) is 1.54. The lowest BCUT2D eigenvalue weighted by Gasteiger charge is -1.99. The zero-order chi connectivity index (χ0) is 7.44. The summed E-state index contributed by atoms with van der Waals surface area (Å²) in [5, 5.41) is 16.0. The molecule has 0 radical (unpaired) electrons. The van der Waals surface area contributed by atoms with Crippen LogP contribution in [0.25, 0.3) is 0 Å². The SMILES string of the molecule is N.NC(CC(=O)O)C(=O)O.S. The number of carbonyl (C=O) groups is 2. The van der Waals surface area contributed by atoms with Gasteiger partial charge in [-0.15, -0.1) is 0 Å².